The average molecular weight is 451 g/mol. The van der Waals surface area contributed by atoms with E-state index in [1.54, 1.807) is 30.7 Å². The van der Waals surface area contributed by atoms with Crippen molar-refractivity contribution in [2.75, 3.05) is 12.4 Å². The van der Waals surface area contributed by atoms with Gasteiger partial charge in [0, 0.05) is 35.9 Å². The number of methoxy groups -OCH3 is 1. The zero-order valence-corrected chi connectivity index (χ0v) is 17.7. The van der Waals surface area contributed by atoms with E-state index in [0.717, 1.165) is 5.56 Å². The Hall–Kier alpha value is -4.12. The Balaban J connectivity index is 1.34. The Labute approximate surface area is 186 Å². The lowest BCUT2D eigenvalue weighted by Gasteiger charge is -2.03. The normalized spacial score (nSPS) is 10.7. The maximum absolute atomic E-state index is 12.3. The second kappa shape index (κ2) is 9.35. The quantitative estimate of drug-likeness (QED) is 0.309. The van der Waals surface area contributed by atoms with Crippen molar-refractivity contribution in [1.29, 1.82) is 0 Å². The van der Waals surface area contributed by atoms with Crippen LogP contribution in [0.1, 0.15) is 12.3 Å². The number of ether oxygens (including phenoxy) is 1. The molecule has 1 amide bonds. The first-order chi connectivity index (χ1) is 15.5. The van der Waals surface area contributed by atoms with Crippen LogP contribution < -0.4 is 10.1 Å². The largest absolute Gasteiger partial charge is 0.496 e. The minimum absolute atomic E-state index is 0.00685. The SMILES string of the molecule is COc1ccccc1-c1noc(CCC(=O)Nc2nc(-c3ccc([N+](=O)[O-])cc3)cs2)n1. The van der Waals surface area contributed by atoms with E-state index in [1.165, 1.54) is 23.5 Å². The van der Waals surface area contributed by atoms with E-state index < -0.39 is 4.92 Å². The molecule has 0 bridgehead atoms. The number of anilines is 1. The Kier molecular flexibility index (Phi) is 6.17. The monoisotopic (exact) mass is 451 g/mol. The van der Waals surface area contributed by atoms with Crippen LogP contribution in [0.2, 0.25) is 0 Å². The number of carbonyl (C=O) groups is 1. The standard InChI is InChI=1S/C21H17N5O5S/c1-30-17-5-3-2-4-15(17)20-24-19(31-25-20)11-10-18(27)23-21-22-16(12-32-21)13-6-8-14(9-7-13)26(28)29/h2-9,12H,10-11H2,1H3,(H,22,23,27). The van der Waals surface area contributed by atoms with E-state index >= 15 is 0 Å². The number of carbonyl (C=O) groups excluding carboxylic acids is 1. The molecule has 162 valence electrons. The minimum Gasteiger partial charge on any atom is -0.496 e. The number of nitro groups is 1. The molecule has 0 aliphatic rings. The molecule has 2 aromatic carbocycles. The Bertz CT molecular complexity index is 1250. The summed E-state index contributed by atoms with van der Waals surface area (Å²) in [5.41, 5.74) is 2.06. The lowest BCUT2D eigenvalue weighted by atomic mass is 10.1. The van der Waals surface area contributed by atoms with Gasteiger partial charge in [0.1, 0.15) is 5.75 Å². The summed E-state index contributed by atoms with van der Waals surface area (Å²) in [4.78, 5) is 31.3. The lowest BCUT2D eigenvalue weighted by molar-refractivity contribution is -0.384. The van der Waals surface area contributed by atoms with E-state index in [1.807, 2.05) is 18.2 Å². The van der Waals surface area contributed by atoms with Crippen molar-refractivity contribution in [3.05, 3.63) is 69.9 Å². The minimum atomic E-state index is -0.459. The molecule has 1 N–H and O–H groups in total. The molecule has 0 aliphatic heterocycles. The van der Waals surface area contributed by atoms with Crippen molar-refractivity contribution in [2.45, 2.75) is 12.8 Å². The van der Waals surface area contributed by atoms with Gasteiger partial charge in [-0.15, -0.1) is 11.3 Å². The summed E-state index contributed by atoms with van der Waals surface area (Å²) >= 11 is 1.27. The number of aryl methyl sites for hydroxylation is 1. The second-order valence-electron chi connectivity index (χ2n) is 6.60. The third kappa shape index (κ3) is 4.78. The number of para-hydroxylation sites is 1. The average Bonchev–Trinajstić information content (AvgIpc) is 3.47. The number of hydrogen-bond acceptors (Lipinski definition) is 9. The van der Waals surface area contributed by atoms with Crippen LogP contribution in [0.5, 0.6) is 5.75 Å². The summed E-state index contributed by atoms with van der Waals surface area (Å²) in [7, 11) is 1.57. The summed E-state index contributed by atoms with van der Waals surface area (Å²) in [5.74, 6) is 1.12. The van der Waals surface area contributed by atoms with Gasteiger partial charge in [0.15, 0.2) is 5.13 Å². The molecular weight excluding hydrogens is 434 g/mol. The van der Waals surface area contributed by atoms with Gasteiger partial charge in [-0.05, 0) is 24.3 Å². The van der Waals surface area contributed by atoms with Gasteiger partial charge in [0.05, 0.1) is 23.3 Å². The Morgan fingerprint density at radius 1 is 1.19 bits per heavy atom. The summed E-state index contributed by atoms with van der Waals surface area (Å²) in [6.45, 7) is 0. The molecular formula is C21H17N5O5S. The second-order valence-corrected chi connectivity index (χ2v) is 7.46. The molecule has 0 atom stereocenters. The summed E-state index contributed by atoms with van der Waals surface area (Å²) in [6.07, 6.45) is 0.411. The number of non-ortho nitro benzene ring substituents is 1. The third-order valence-electron chi connectivity index (χ3n) is 4.51. The molecule has 0 unspecified atom stereocenters. The number of nitrogens with zero attached hydrogens (tertiary/aromatic N) is 4. The predicted molar refractivity (Wildman–Crippen MR) is 117 cm³/mol. The zero-order chi connectivity index (χ0) is 22.5. The van der Waals surface area contributed by atoms with Crippen LogP contribution in [0, 0.1) is 10.1 Å². The molecule has 2 aromatic heterocycles. The molecule has 0 spiro atoms. The van der Waals surface area contributed by atoms with E-state index in [2.05, 4.69) is 20.4 Å². The molecule has 2 heterocycles. The number of hydrogen-bond donors (Lipinski definition) is 1. The van der Waals surface area contributed by atoms with Crippen molar-refractivity contribution in [3.63, 3.8) is 0 Å². The number of amides is 1. The first-order valence-corrected chi connectivity index (χ1v) is 10.4. The maximum Gasteiger partial charge on any atom is 0.269 e. The number of benzene rings is 2. The maximum atomic E-state index is 12.3. The molecule has 4 rings (SSSR count). The Morgan fingerprint density at radius 3 is 2.72 bits per heavy atom. The topological polar surface area (TPSA) is 133 Å². The van der Waals surface area contributed by atoms with Crippen molar-refractivity contribution >= 4 is 28.1 Å². The molecule has 0 saturated carbocycles. The number of nitrogens with one attached hydrogen (secondary N) is 1. The number of aromatic nitrogens is 3. The molecule has 0 saturated heterocycles. The molecule has 32 heavy (non-hydrogen) atoms. The molecule has 11 heteroatoms. The summed E-state index contributed by atoms with van der Waals surface area (Å²) in [6, 6.07) is 13.4. The van der Waals surface area contributed by atoms with Crippen LogP contribution in [-0.2, 0) is 11.2 Å². The molecule has 10 nitrogen and oxygen atoms in total. The van der Waals surface area contributed by atoms with Gasteiger partial charge in [-0.2, -0.15) is 4.98 Å². The third-order valence-corrected chi connectivity index (χ3v) is 5.26. The fourth-order valence-electron chi connectivity index (χ4n) is 2.92. The van der Waals surface area contributed by atoms with Crippen LogP contribution in [-0.4, -0.2) is 33.1 Å². The van der Waals surface area contributed by atoms with E-state index in [0.29, 0.717) is 33.9 Å². The van der Waals surface area contributed by atoms with Crippen LogP contribution >= 0.6 is 11.3 Å². The smallest absolute Gasteiger partial charge is 0.269 e. The molecule has 0 fully saturated rings. The Morgan fingerprint density at radius 2 is 1.97 bits per heavy atom. The summed E-state index contributed by atoms with van der Waals surface area (Å²) < 4.78 is 10.6. The van der Waals surface area contributed by atoms with Crippen molar-refractivity contribution in [2.24, 2.45) is 0 Å². The van der Waals surface area contributed by atoms with Crippen LogP contribution in [0.4, 0.5) is 10.8 Å². The van der Waals surface area contributed by atoms with Gasteiger partial charge in [-0.1, -0.05) is 17.3 Å². The van der Waals surface area contributed by atoms with Crippen LogP contribution in [0.3, 0.4) is 0 Å². The molecule has 0 radical (unpaired) electrons. The van der Waals surface area contributed by atoms with Gasteiger partial charge < -0.3 is 14.6 Å². The van der Waals surface area contributed by atoms with E-state index in [-0.39, 0.29) is 24.4 Å². The van der Waals surface area contributed by atoms with Crippen LogP contribution in [0.15, 0.2) is 58.4 Å². The van der Waals surface area contributed by atoms with Crippen molar-refractivity contribution in [3.8, 4) is 28.4 Å². The fourth-order valence-corrected chi connectivity index (χ4v) is 3.65. The highest BCUT2D eigenvalue weighted by Crippen LogP contribution is 2.28. The van der Waals surface area contributed by atoms with E-state index in [4.69, 9.17) is 9.26 Å². The predicted octanol–water partition coefficient (Wildman–Crippen LogP) is 4.35. The van der Waals surface area contributed by atoms with Crippen molar-refractivity contribution in [1.82, 2.24) is 15.1 Å². The highest BCUT2D eigenvalue weighted by molar-refractivity contribution is 7.14. The summed E-state index contributed by atoms with van der Waals surface area (Å²) in [5, 5.41) is 19.7. The van der Waals surface area contributed by atoms with Gasteiger partial charge in [-0.3, -0.25) is 14.9 Å². The number of thiazole rings is 1. The van der Waals surface area contributed by atoms with Gasteiger partial charge in [-0.25, -0.2) is 4.98 Å². The highest BCUT2D eigenvalue weighted by atomic mass is 32.1. The van der Waals surface area contributed by atoms with Gasteiger partial charge >= 0.3 is 0 Å². The van der Waals surface area contributed by atoms with E-state index in [9.17, 15) is 14.9 Å². The van der Waals surface area contributed by atoms with Gasteiger partial charge in [0.2, 0.25) is 17.6 Å². The van der Waals surface area contributed by atoms with Gasteiger partial charge in [0.25, 0.3) is 5.69 Å². The lowest BCUT2D eigenvalue weighted by Crippen LogP contribution is -2.12. The molecule has 0 aliphatic carbocycles. The number of nitro benzene ring substituents is 1. The first kappa shape index (κ1) is 21.1. The zero-order valence-electron chi connectivity index (χ0n) is 16.8. The first-order valence-electron chi connectivity index (χ1n) is 9.49. The van der Waals surface area contributed by atoms with Crippen molar-refractivity contribution < 1.29 is 19.0 Å². The highest BCUT2D eigenvalue weighted by Gasteiger charge is 2.15. The van der Waals surface area contributed by atoms with Crippen LogP contribution in [0.25, 0.3) is 22.6 Å². The fraction of sp³-hybridized carbons (Fsp3) is 0.143. The number of rotatable bonds is 8. The molecule has 4 aromatic rings.